The van der Waals surface area contributed by atoms with Crippen LogP contribution in [0.3, 0.4) is 0 Å². The van der Waals surface area contributed by atoms with Gasteiger partial charge >= 0.3 is 0 Å². The average Bonchev–Trinajstić information content (AvgIpc) is 3.86. The van der Waals surface area contributed by atoms with E-state index < -0.39 is 5.41 Å². The Morgan fingerprint density at radius 1 is 0.344 bits per heavy atom. The van der Waals surface area contributed by atoms with Crippen LogP contribution < -0.4 is 4.90 Å². The fourth-order valence-corrected chi connectivity index (χ4v) is 9.99. The van der Waals surface area contributed by atoms with E-state index in [4.69, 9.17) is 4.42 Å². The van der Waals surface area contributed by atoms with Crippen molar-refractivity contribution in [1.29, 1.82) is 0 Å². The molecule has 12 rings (SSSR count). The van der Waals surface area contributed by atoms with Gasteiger partial charge in [0.2, 0.25) is 0 Å². The minimum Gasteiger partial charge on any atom is -0.456 e. The lowest BCUT2D eigenvalue weighted by molar-refractivity contribution is 0.669. The molecule has 0 bridgehead atoms. The summed E-state index contributed by atoms with van der Waals surface area (Å²) in [6, 6.07) is 86.2. The zero-order chi connectivity index (χ0) is 40.3. The van der Waals surface area contributed by atoms with Gasteiger partial charge < -0.3 is 9.32 Å². The number of furan rings is 1. The molecule has 0 fully saturated rings. The van der Waals surface area contributed by atoms with Gasteiger partial charge in [-0.1, -0.05) is 182 Å². The van der Waals surface area contributed by atoms with Gasteiger partial charge in [0.05, 0.1) is 11.1 Å². The van der Waals surface area contributed by atoms with E-state index >= 15 is 0 Å². The van der Waals surface area contributed by atoms with E-state index in [1.807, 2.05) is 12.1 Å². The molecule has 0 radical (unpaired) electrons. The van der Waals surface area contributed by atoms with E-state index in [1.165, 1.54) is 55.3 Å². The van der Waals surface area contributed by atoms with E-state index in [-0.39, 0.29) is 0 Å². The highest BCUT2D eigenvalue weighted by molar-refractivity contribution is 6.06. The molecule has 0 unspecified atom stereocenters. The quantitative estimate of drug-likeness (QED) is 0.160. The van der Waals surface area contributed by atoms with Crippen LogP contribution >= 0.6 is 0 Å². The number of benzene rings is 10. The van der Waals surface area contributed by atoms with Crippen LogP contribution in [0, 0.1) is 0 Å². The maximum atomic E-state index is 6.23. The van der Waals surface area contributed by atoms with Crippen molar-refractivity contribution in [2.75, 3.05) is 4.90 Å². The number of fused-ring (bicyclic) bond motifs is 7. The van der Waals surface area contributed by atoms with E-state index in [9.17, 15) is 0 Å². The third-order valence-corrected chi connectivity index (χ3v) is 12.7. The van der Waals surface area contributed by atoms with Crippen molar-refractivity contribution in [2.24, 2.45) is 0 Å². The second kappa shape index (κ2) is 14.1. The van der Waals surface area contributed by atoms with Crippen LogP contribution in [0.1, 0.15) is 22.3 Å². The zero-order valence-corrected chi connectivity index (χ0v) is 33.4. The average molecular weight is 778 g/mol. The summed E-state index contributed by atoms with van der Waals surface area (Å²) >= 11 is 0. The first-order chi connectivity index (χ1) is 30.2. The van der Waals surface area contributed by atoms with Crippen molar-refractivity contribution in [3.63, 3.8) is 0 Å². The molecule has 1 heterocycles. The molecular weight excluding hydrogens is 739 g/mol. The summed E-state index contributed by atoms with van der Waals surface area (Å²) in [5.41, 5.74) is 16.8. The van der Waals surface area contributed by atoms with Gasteiger partial charge in [-0.15, -0.1) is 0 Å². The minimum atomic E-state index is -0.513. The Labute approximate surface area is 355 Å². The molecule has 11 aromatic rings. The number of nitrogens with zero attached hydrogens (tertiary/aromatic N) is 1. The fourth-order valence-electron chi connectivity index (χ4n) is 9.99. The van der Waals surface area contributed by atoms with E-state index in [0.29, 0.717) is 0 Å². The highest BCUT2D eigenvalue weighted by Crippen LogP contribution is 2.59. The Morgan fingerprint density at radius 3 is 1.77 bits per heavy atom. The van der Waals surface area contributed by atoms with Crippen molar-refractivity contribution in [2.45, 2.75) is 5.41 Å². The molecular formula is C59H39NO. The highest BCUT2D eigenvalue weighted by atomic mass is 16.3. The zero-order valence-electron chi connectivity index (χ0n) is 33.4. The third-order valence-electron chi connectivity index (χ3n) is 12.7. The molecule has 1 aliphatic rings. The molecule has 2 nitrogen and oxygen atoms in total. The molecule has 286 valence electrons. The Hall–Kier alpha value is -7.94. The molecule has 0 amide bonds. The van der Waals surface area contributed by atoms with Crippen LogP contribution in [-0.2, 0) is 5.41 Å². The van der Waals surface area contributed by atoms with Crippen LogP contribution in [0.25, 0.3) is 66.1 Å². The molecule has 1 aliphatic carbocycles. The Bertz CT molecular complexity index is 3380. The van der Waals surface area contributed by atoms with Crippen LogP contribution in [0.5, 0.6) is 0 Å². The van der Waals surface area contributed by atoms with Crippen LogP contribution in [-0.4, -0.2) is 0 Å². The van der Waals surface area contributed by atoms with E-state index in [0.717, 1.165) is 50.1 Å². The predicted octanol–water partition coefficient (Wildman–Crippen LogP) is 15.9. The number of para-hydroxylation sites is 1. The maximum absolute atomic E-state index is 6.23. The molecule has 2 heteroatoms. The second-order valence-corrected chi connectivity index (χ2v) is 16.0. The molecule has 0 atom stereocenters. The van der Waals surface area contributed by atoms with Crippen molar-refractivity contribution in [3.8, 4) is 33.4 Å². The molecule has 0 N–H and O–H groups in total. The van der Waals surface area contributed by atoms with Gasteiger partial charge in [-0.3, -0.25) is 0 Å². The molecule has 0 saturated heterocycles. The van der Waals surface area contributed by atoms with Gasteiger partial charge in [-0.05, 0) is 115 Å². The Morgan fingerprint density at radius 2 is 0.951 bits per heavy atom. The lowest BCUT2D eigenvalue weighted by atomic mass is 9.68. The van der Waals surface area contributed by atoms with Crippen molar-refractivity contribution in [3.05, 3.63) is 259 Å². The summed E-state index contributed by atoms with van der Waals surface area (Å²) in [5, 5.41) is 4.73. The van der Waals surface area contributed by atoms with E-state index in [2.05, 4.69) is 229 Å². The summed E-state index contributed by atoms with van der Waals surface area (Å²) in [5.74, 6) is 0. The summed E-state index contributed by atoms with van der Waals surface area (Å²) in [4.78, 5) is 2.46. The standard InChI is InChI=1S/C59H39NO/c1-3-18-46(19-4-1)59(47-20-5-2-6-21-47)53-25-11-9-24-51(53)58-54(59)26-14-27-55(58)60(48-34-31-41(32-35-48)44-30-29-40-15-7-8-16-42(40)37-44)49-22-13-17-43(38-49)45-33-36-57-52(39-45)50-23-10-12-28-56(50)61-57/h1-39H. The predicted molar refractivity (Wildman–Crippen MR) is 254 cm³/mol. The molecule has 0 aliphatic heterocycles. The molecule has 1 aromatic heterocycles. The van der Waals surface area contributed by atoms with Crippen LogP contribution in [0.4, 0.5) is 17.1 Å². The van der Waals surface area contributed by atoms with Crippen molar-refractivity contribution >= 4 is 49.8 Å². The maximum Gasteiger partial charge on any atom is 0.135 e. The molecule has 61 heavy (non-hydrogen) atoms. The third kappa shape index (κ3) is 5.57. The van der Waals surface area contributed by atoms with Gasteiger partial charge in [-0.2, -0.15) is 0 Å². The van der Waals surface area contributed by atoms with Gasteiger partial charge in [0.1, 0.15) is 11.2 Å². The molecule has 0 spiro atoms. The largest absolute Gasteiger partial charge is 0.456 e. The highest BCUT2D eigenvalue weighted by Gasteiger charge is 2.47. The summed E-state index contributed by atoms with van der Waals surface area (Å²) in [6.07, 6.45) is 0. The first-order valence-electron chi connectivity index (χ1n) is 21.0. The normalized spacial score (nSPS) is 12.7. The van der Waals surface area contributed by atoms with Crippen LogP contribution in [0.15, 0.2) is 241 Å². The monoisotopic (exact) mass is 777 g/mol. The van der Waals surface area contributed by atoms with Gasteiger partial charge in [0, 0.05) is 27.7 Å². The van der Waals surface area contributed by atoms with Crippen LogP contribution in [0.2, 0.25) is 0 Å². The first-order valence-corrected chi connectivity index (χ1v) is 21.0. The lowest BCUT2D eigenvalue weighted by Gasteiger charge is -2.34. The van der Waals surface area contributed by atoms with Crippen molar-refractivity contribution in [1.82, 2.24) is 0 Å². The van der Waals surface area contributed by atoms with Gasteiger partial charge in [0.25, 0.3) is 0 Å². The summed E-state index contributed by atoms with van der Waals surface area (Å²) < 4.78 is 6.23. The number of hydrogen-bond acceptors (Lipinski definition) is 2. The molecule has 10 aromatic carbocycles. The topological polar surface area (TPSA) is 16.4 Å². The lowest BCUT2D eigenvalue weighted by Crippen LogP contribution is -2.28. The first kappa shape index (κ1) is 35.0. The Kier molecular flexibility index (Phi) is 8.11. The summed E-state index contributed by atoms with van der Waals surface area (Å²) in [6.45, 7) is 0. The smallest absolute Gasteiger partial charge is 0.135 e. The van der Waals surface area contributed by atoms with Gasteiger partial charge in [0.15, 0.2) is 0 Å². The number of rotatable bonds is 7. The van der Waals surface area contributed by atoms with Gasteiger partial charge in [-0.25, -0.2) is 0 Å². The number of anilines is 3. The fraction of sp³-hybridized carbons (Fsp3) is 0.0169. The second-order valence-electron chi connectivity index (χ2n) is 16.0. The van der Waals surface area contributed by atoms with Crippen molar-refractivity contribution < 1.29 is 4.42 Å². The minimum absolute atomic E-state index is 0.513. The Balaban J connectivity index is 1.08. The summed E-state index contributed by atoms with van der Waals surface area (Å²) in [7, 11) is 0. The SMILES string of the molecule is c1ccc(C2(c3ccccc3)c3ccccc3-c3c(N(c4ccc(-c5ccc6ccccc6c5)cc4)c4cccc(-c5ccc6oc7ccccc7c6c5)c4)cccc32)cc1. The number of hydrogen-bond donors (Lipinski definition) is 0. The molecule has 0 saturated carbocycles. The van der Waals surface area contributed by atoms with E-state index in [1.54, 1.807) is 0 Å².